The zero-order valence-electron chi connectivity index (χ0n) is 11.8. The van der Waals surface area contributed by atoms with Gasteiger partial charge < -0.3 is 14.8 Å². The molecule has 2 aliphatic rings. The molecule has 3 unspecified atom stereocenters. The largest absolute Gasteiger partial charge is 0.490 e. The number of hydrogen-bond donors (Lipinski definition) is 1. The summed E-state index contributed by atoms with van der Waals surface area (Å²) in [5, 5.41) is 3.55. The van der Waals surface area contributed by atoms with Crippen LogP contribution in [0.2, 0.25) is 0 Å². The van der Waals surface area contributed by atoms with Gasteiger partial charge in [-0.1, -0.05) is 19.9 Å². The molecule has 1 aliphatic heterocycles. The van der Waals surface area contributed by atoms with Crippen molar-refractivity contribution in [3.63, 3.8) is 0 Å². The number of ether oxygens (including phenoxy) is 2. The number of hydrogen-bond acceptors (Lipinski definition) is 3. The molecule has 0 aromatic heterocycles. The van der Waals surface area contributed by atoms with Crippen molar-refractivity contribution < 1.29 is 9.47 Å². The van der Waals surface area contributed by atoms with E-state index in [1.165, 1.54) is 12.0 Å². The van der Waals surface area contributed by atoms with Crippen molar-refractivity contribution in [2.24, 2.45) is 5.92 Å². The van der Waals surface area contributed by atoms with Crippen LogP contribution in [0.3, 0.4) is 0 Å². The Morgan fingerprint density at radius 3 is 2.74 bits per heavy atom. The van der Waals surface area contributed by atoms with E-state index in [1.54, 1.807) is 0 Å². The van der Waals surface area contributed by atoms with Crippen LogP contribution < -0.4 is 14.8 Å². The van der Waals surface area contributed by atoms with Gasteiger partial charge >= 0.3 is 0 Å². The van der Waals surface area contributed by atoms with Crippen molar-refractivity contribution in [1.29, 1.82) is 0 Å². The molecule has 3 heteroatoms. The lowest BCUT2D eigenvalue weighted by Crippen LogP contribution is -2.47. The molecule has 104 valence electrons. The summed E-state index contributed by atoms with van der Waals surface area (Å²) in [5.74, 6) is 3.18. The molecule has 3 rings (SSSR count). The highest BCUT2D eigenvalue weighted by Crippen LogP contribution is 2.44. The van der Waals surface area contributed by atoms with Crippen LogP contribution in [-0.2, 0) is 0 Å². The summed E-state index contributed by atoms with van der Waals surface area (Å²) in [6.07, 6.45) is 2.20. The predicted octanol–water partition coefficient (Wildman–Crippen LogP) is 2.95. The quantitative estimate of drug-likeness (QED) is 0.907. The lowest BCUT2D eigenvalue weighted by Gasteiger charge is -2.43. The molecule has 19 heavy (non-hydrogen) atoms. The van der Waals surface area contributed by atoms with Gasteiger partial charge in [0.15, 0.2) is 11.5 Å². The zero-order chi connectivity index (χ0) is 13.2. The fourth-order valence-electron chi connectivity index (χ4n) is 3.17. The molecule has 1 aromatic carbocycles. The molecule has 3 atom stereocenters. The van der Waals surface area contributed by atoms with Crippen molar-refractivity contribution in [1.82, 2.24) is 5.32 Å². The van der Waals surface area contributed by atoms with E-state index < -0.39 is 0 Å². The number of rotatable bonds is 3. The maximum absolute atomic E-state index is 5.78. The zero-order valence-corrected chi connectivity index (χ0v) is 11.8. The van der Waals surface area contributed by atoms with Crippen molar-refractivity contribution in [3.8, 4) is 11.5 Å². The summed E-state index contributed by atoms with van der Waals surface area (Å²) in [5.41, 5.74) is 1.39. The van der Waals surface area contributed by atoms with E-state index in [0.717, 1.165) is 37.7 Å². The van der Waals surface area contributed by atoms with Gasteiger partial charge in [0.05, 0.1) is 13.2 Å². The van der Waals surface area contributed by atoms with Crippen molar-refractivity contribution in [2.75, 3.05) is 19.8 Å². The molecule has 1 saturated carbocycles. The first-order valence-electron chi connectivity index (χ1n) is 7.42. The molecule has 0 spiro atoms. The van der Waals surface area contributed by atoms with E-state index >= 15 is 0 Å². The molecule has 1 aliphatic carbocycles. The van der Waals surface area contributed by atoms with Crippen LogP contribution in [0, 0.1) is 5.92 Å². The fourth-order valence-corrected chi connectivity index (χ4v) is 3.17. The van der Waals surface area contributed by atoms with Gasteiger partial charge in [-0.15, -0.1) is 0 Å². The molecule has 0 radical (unpaired) electrons. The van der Waals surface area contributed by atoms with Crippen LogP contribution in [0.4, 0.5) is 0 Å². The summed E-state index contributed by atoms with van der Waals surface area (Å²) in [6, 6.07) is 7.13. The normalized spacial score (nSPS) is 29.5. The Kier molecular flexibility index (Phi) is 3.65. The van der Waals surface area contributed by atoms with Crippen LogP contribution >= 0.6 is 0 Å². The highest BCUT2D eigenvalue weighted by Gasteiger charge is 2.38. The van der Waals surface area contributed by atoms with Crippen LogP contribution in [-0.4, -0.2) is 25.8 Å². The Labute approximate surface area is 115 Å². The first-order valence-corrected chi connectivity index (χ1v) is 7.42. The van der Waals surface area contributed by atoms with Crippen LogP contribution in [0.1, 0.15) is 38.2 Å². The second-order valence-corrected chi connectivity index (χ2v) is 5.62. The molecule has 1 N–H and O–H groups in total. The van der Waals surface area contributed by atoms with E-state index in [9.17, 15) is 0 Å². The summed E-state index contributed by atoms with van der Waals surface area (Å²) < 4.78 is 11.5. The molecular weight excluding hydrogens is 238 g/mol. The summed E-state index contributed by atoms with van der Waals surface area (Å²) >= 11 is 0. The van der Waals surface area contributed by atoms with Gasteiger partial charge in [-0.05, 0) is 42.5 Å². The molecule has 1 fully saturated rings. The Balaban J connectivity index is 1.74. The van der Waals surface area contributed by atoms with Crippen molar-refractivity contribution in [3.05, 3.63) is 23.8 Å². The maximum atomic E-state index is 5.78. The Hall–Kier alpha value is -1.22. The fraction of sp³-hybridized carbons (Fsp3) is 0.625. The Morgan fingerprint density at radius 1 is 1.21 bits per heavy atom. The van der Waals surface area contributed by atoms with Crippen LogP contribution in [0.15, 0.2) is 18.2 Å². The van der Waals surface area contributed by atoms with Crippen LogP contribution in [0.5, 0.6) is 11.5 Å². The van der Waals surface area contributed by atoms with E-state index in [4.69, 9.17) is 9.47 Å². The van der Waals surface area contributed by atoms with E-state index in [0.29, 0.717) is 17.9 Å². The lowest BCUT2D eigenvalue weighted by atomic mass is 9.67. The van der Waals surface area contributed by atoms with Gasteiger partial charge in [0.25, 0.3) is 0 Å². The second-order valence-electron chi connectivity index (χ2n) is 5.62. The Morgan fingerprint density at radius 2 is 2.00 bits per heavy atom. The van der Waals surface area contributed by atoms with Gasteiger partial charge in [-0.2, -0.15) is 0 Å². The molecule has 0 bridgehead atoms. The average Bonchev–Trinajstić information content (AvgIpc) is 2.67. The summed E-state index contributed by atoms with van der Waals surface area (Å²) in [6.45, 7) is 7.09. The monoisotopic (exact) mass is 261 g/mol. The predicted molar refractivity (Wildman–Crippen MR) is 76.0 cm³/mol. The minimum absolute atomic E-state index is 0.654. The summed E-state index contributed by atoms with van der Waals surface area (Å²) in [7, 11) is 0. The van der Waals surface area contributed by atoms with Crippen LogP contribution in [0.25, 0.3) is 0 Å². The standard InChI is InChI=1S/C16H23NO2/c1-3-17-14-10-13(11(14)2)12-5-6-15-16(9-12)19-8-4-7-18-15/h5-6,9,11,13-14,17H,3-4,7-8,10H2,1-2H3. The van der Waals surface area contributed by atoms with Gasteiger partial charge in [0, 0.05) is 12.5 Å². The SMILES string of the molecule is CCNC1CC(c2ccc3c(c2)OCCCO3)C1C. The first kappa shape index (κ1) is 12.8. The van der Waals surface area contributed by atoms with Gasteiger partial charge in [-0.3, -0.25) is 0 Å². The van der Waals surface area contributed by atoms with Gasteiger partial charge in [-0.25, -0.2) is 0 Å². The first-order chi connectivity index (χ1) is 9.29. The van der Waals surface area contributed by atoms with Crippen molar-refractivity contribution >= 4 is 0 Å². The number of fused-ring (bicyclic) bond motifs is 1. The van der Waals surface area contributed by atoms with Gasteiger partial charge in [0.2, 0.25) is 0 Å². The minimum atomic E-state index is 0.654. The summed E-state index contributed by atoms with van der Waals surface area (Å²) in [4.78, 5) is 0. The molecule has 1 aromatic rings. The van der Waals surface area contributed by atoms with E-state index in [-0.39, 0.29) is 0 Å². The smallest absolute Gasteiger partial charge is 0.161 e. The lowest BCUT2D eigenvalue weighted by molar-refractivity contribution is 0.186. The number of nitrogens with one attached hydrogen (secondary N) is 1. The number of benzene rings is 1. The topological polar surface area (TPSA) is 30.5 Å². The highest BCUT2D eigenvalue weighted by molar-refractivity contribution is 5.45. The van der Waals surface area contributed by atoms with E-state index in [1.807, 2.05) is 0 Å². The molecule has 3 nitrogen and oxygen atoms in total. The average molecular weight is 261 g/mol. The molecule has 0 amide bonds. The second kappa shape index (κ2) is 5.41. The third kappa shape index (κ3) is 2.44. The highest BCUT2D eigenvalue weighted by atomic mass is 16.5. The maximum Gasteiger partial charge on any atom is 0.161 e. The van der Waals surface area contributed by atoms with Gasteiger partial charge in [0.1, 0.15) is 0 Å². The van der Waals surface area contributed by atoms with Crippen molar-refractivity contribution in [2.45, 2.75) is 38.6 Å². The third-order valence-electron chi connectivity index (χ3n) is 4.44. The Bertz CT molecular complexity index is 446. The molecule has 1 heterocycles. The third-order valence-corrected chi connectivity index (χ3v) is 4.44. The molecular formula is C16H23NO2. The molecule has 0 saturated heterocycles. The minimum Gasteiger partial charge on any atom is -0.490 e. The van der Waals surface area contributed by atoms with E-state index in [2.05, 4.69) is 37.4 Å².